The minimum atomic E-state index is -0.649. The third kappa shape index (κ3) is 3.63. The van der Waals surface area contributed by atoms with Crippen molar-refractivity contribution in [2.24, 2.45) is 0 Å². The highest BCUT2D eigenvalue weighted by atomic mass is 16.5. The van der Waals surface area contributed by atoms with Gasteiger partial charge in [-0.1, -0.05) is 30.3 Å². The molecule has 0 radical (unpaired) electrons. The lowest BCUT2D eigenvalue weighted by atomic mass is 10.1. The van der Waals surface area contributed by atoms with Crippen molar-refractivity contribution in [3.05, 3.63) is 53.5 Å². The molecule has 0 bridgehead atoms. The molecule has 0 aliphatic heterocycles. The first kappa shape index (κ1) is 16.6. The molecule has 0 saturated heterocycles. The van der Waals surface area contributed by atoms with Crippen LogP contribution in [0, 0.1) is 6.92 Å². The molecule has 0 spiro atoms. The van der Waals surface area contributed by atoms with Crippen molar-refractivity contribution in [2.75, 3.05) is 6.61 Å². The van der Waals surface area contributed by atoms with Crippen molar-refractivity contribution >= 4 is 11.8 Å². The molecule has 1 N–H and O–H groups in total. The molecule has 25 heavy (non-hydrogen) atoms. The number of nitrogens with one attached hydrogen (secondary N) is 1. The van der Waals surface area contributed by atoms with Crippen LogP contribution in [-0.4, -0.2) is 43.6 Å². The Bertz CT molecular complexity index is 898. The number of aromatic nitrogens is 5. The number of hydrogen-bond donors (Lipinski definition) is 1. The number of benzene rings is 1. The first-order chi connectivity index (χ1) is 12.1. The summed E-state index contributed by atoms with van der Waals surface area (Å²) in [5.74, 6) is -1.04. The largest absolute Gasteiger partial charge is 0.453 e. The second kappa shape index (κ2) is 7.08. The number of ketones is 1. The van der Waals surface area contributed by atoms with E-state index in [1.165, 1.54) is 4.80 Å². The zero-order valence-corrected chi connectivity index (χ0v) is 13.9. The van der Waals surface area contributed by atoms with Crippen molar-refractivity contribution < 1.29 is 14.3 Å². The Hall–Kier alpha value is -3.29. The van der Waals surface area contributed by atoms with Gasteiger partial charge in [-0.05, 0) is 19.9 Å². The van der Waals surface area contributed by atoms with Crippen molar-refractivity contribution in [1.82, 2.24) is 25.2 Å². The number of esters is 1. The molecule has 1 aromatic carbocycles. The van der Waals surface area contributed by atoms with E-state index in [1.54, 1.807) is 13.0 Å². The van der Waals surface area contributed by atoms with Gasteiger partial charge in [-0.25, -0.2) is 4.79 Å². The number of aromatic amines is 1. The minimum Gasteiger partial charge on any atom is -0.453 e. The second-order valence-electron chi connectivity index (χ2n) is 5.35. The van der Waals surface area contributed by atoms with E-state index in [2.05, 4.69) is 20.4 Å². The minimum absolute atomic E-state index is 0.181. The predicted molar refractivity (Wildman–Crippen MR) is 89.1 cm³/mol. The normalized spacial score (nSPS) is 10.6. The van der Waals surface area contributed by atoms with E-state index in [1.807, 2.05) is 37.3 Å². The van der Waals surface area contributed by atoms with Crippen LogP contribution in [0.2, 0.25) is 0 Å². The van der Waals surface area contributed by atoms with E-state index in [0.717, 1.165) is 5.56 Å². The summed E-state index contributed by atoms with van der Waals surface area (Å²) >= 11 is 0. The average molecular weight is 339 g/mol. The number of hydrogen-bond acceptors (Lipinski definition) is 6. The van der Waals surface area contributed by atoms with Crippen LogP contribution in [0.4, 0.5) is 0 Å². The molecule has 8 heteroatoms. The molecular formula is C17H17N5O3. The van der Waals surface area contributed by atoms with Gasteiger partial charge in [0.05, 0.1) is 17.9 Å². The van der Waals surface area contributed by atoms with Crippen LogP contribution in [0.15, 0.2) is 36.4 Å². The Kier molecular flexibility index (Phi) is 4.69. The SMILES string of the molecule is CCn1nc(C)c(C(=O)COC(=O)c2cc(-c3ccccc3)n[nH]2)n1. The standard InChI is InChI=1S/C17H17N5O3/c1-3-22-20-11(2)16(21-22)15(23)10-25-17(24)14-9-13(18-19-14)12-7-5-4-6-8-12/h4-9H,3,10H2,1-2H3,(H,18,19). The first-order valence-electron chi connectivity index (χ1n) is 7.81. The monoisotopic (exact) mass is 339 g/mol. The number of nitrogens with zero attached hydrogens (tertiary/aromatic N) is 4. The maximum Gasteiger partial charge on any atom is 0.356 e. The van der Waals surface area contributed by atoms with Gasteiger partial charge in [0, 0.05) is 5.56 Å². The van der Waals surface area contributed by atoms with Crippen molar-refractivity contribution in [3.8, 4) is 11.3 Å². The fourth-order valence-electron chi connectivity index (χ4n) is 2.29. The van der Waals surface area contributed by atoms with Gasteiger partial charge in [-0.15, -0.1) is 5.10 Å². The number of carbonyl (C=O) groups excluding carboxylic acids is 2. The van der Waals surface area contributed by atoms with E-state index in [9.17, 15) is 9.59 Å². The summed E-state index contributed by atoms with van der Waals surface area (Å²) in [4.78, 5) is 25.6. The van der Waals surface area contributed by atoms with Gasteiger partial charge < -0.3 is 4.74 Å². The molecule has 0 unspecified atom stereocenters. The third-order valence-electron chi connectivity index (χ3n) is 3.57. The van der Waals surface area contributed by atoms with E-state index in [4.69, 9.17) is 4.74 Å². The summed E-state index contributed by atoms with van der Waals surface area (Å²) in [6.45, 7) is 3.72. The lowest BCUT2D eigenvalue weighted by Crippen LogP contribution is -2.16. The quantitative estimate of drug-likeness (QED) is 0.544. The summed E-state index contributed by atoms with van der Waals surface area (Å²) in [6.07, 6.45) is 0. The zero-order chi connectivity index (χ0) is 17.8. The number of Topliss-reactive ketones (excluding diaryl/α,β-unsaturated/α-hetero) is 1. The maximum absolute atomic E-state index is 12.1. The summed E-state index contributed by atoms with van der Waals surface area (Å²) in [5.41, 5.74) is 2.40. The third-order valence-corrected chi connectivity index (χ3v) is 3.57. The molecule has 8 nitrogen and oxygen atoms in total. The maximum atomic E-state index is 12.1. The van der Waals surface area contributed by atoms with Gasteiger partial charge in [0.25, 0.3) is 0 Å². The van der Waals surface area contributed by atoms with Crippen molar-refractivity contribution in [2.45, 2.75) is 20.4 Å². The van der Waals surface area contributed by atoms with Gasteiger partial charge in [0.15, 0.2) is 12.3 Å². The summed E-state index contributed by atoms with van der Waals surface area (Å²) in [7, 11) is 0. The van der Waals surface area contributed by atoms with E-state index in [0.29, 0.717) is 17.9 Å². The molecule has 128 valence electrons. The fourth-order valence-corrected chi connectivity index (χ4v) is 2.29. The molecule has 2 aromatic heterocycles. The lowest BCUT2D eigenvalue weighted by molar-refractivity contribution is 0.0467. The Balaban J connectivity index is 1.64. The molecule has 0 aliphatic carbocycles. The average Bonchev–Trinajstić information content (AvgIpc) is 3.27. The highest BCUT2D eigenvalue weighted by Crippen LogP contribution is 2.17. The highest BCUT2D eigenvalue weighted by molar-refractivity contribution is 5.98. The Morgan fingerprint density at radius 2 is 1.96 bits per heavy atom. The van der Waals surface area contributed by atoms with E-state index >= 15 is 0 Å². The molecule has 0 saturated carbocycles. The molecule has 0 fully saturated rings. The summed E-state index contributed by atoms with van der Waals surface area (Å²) < 4.78 is 5.05. The van der Waals surface area contributed by atoms with Crippen LogP contribution in [0.25, 0.3) is 11.3 Å². The number of aryl methyl sites for hydroxylation is 2. The predicted octanol–water partition coefficient (Wildman–Crippen LogP) is 2.04. The van der Waals surface area contributed by atoms with Crippen LogP contribution in [0.1, 0.15) is 33.6 Å². The fraction of sp³-hybridized carbons (Fsp3) is 0.235. The molecular weight excluding hydrogens is 322 g/mol. The summed E-state index contributed by atoms with van der Waals surface area (Å²) in [5, 5.41) is 14.9. The summed E-state index contributed by atoms with van der Waals surface area (Å²) in [6, 6.07) is 11.0. The number of H-pyrrole nitrogens is 1. The van der Waals surface area contributed by atoms with E-state index < -0.39 is 18.4 Å². The molecule has 0 aliphatic rings. The van der Waals surface area contributed by atoms with Gasteiger partial charge in [0.1, 0.15) is 5.69 Å². The van der Waals surface area contributed by atoms with Crippen LogP contribution < -0.4 is 0 Å². The van der Waals surface area contributed by atoms with Crippen molar-refractivity contribution in [1.29, 1.82) is 0 Å². The molecule has 2 heterocycles. The molecule has 0 atom stereocenters. The number of carbonyl (C=O) groups is 2. The molecule has 0 amide bonds. The molecule has 3 rings (SSSR count). The molecule has 3 aromatic rings. The van der Waals surface area contributed by atoms with Crippen LogP contribution in [0.3, 0.4) is 0 Å². The smallest absolute Gasteiger partial charge is 0.356 e. The van der Waals surface area contributed by atoms with Gasteiger partial charge in [0.2, 0.25) is 5.78 Å². The second-order valence-corrected chi connectivity index (χ2v) is 5.35. The van der Waals surface area contributed by atoms with Gasteiger partial charge in [-0.2, -0.15) is 15.0 Å². The lowest BCUT2D eigenvalue weighted by Gasteiger charge is -2.01. The Labute approximate surface area is 143 Å². The Morgan fingerprint density at radius 3 is 2.64 bits per heavy atom. The Morgan fingerprint density at radius 1 is 1.20 bits per heavy atom. The van der Waals surface area contributed by atoms with Gasteiger partial charge in [-0.3, -0.25) is 9.89 Å². The van der Waals surface area contributed by atoms with Gasteiger partial charge >= 0.3 is 5.97 Å². The zero-order valence-electron chi connectivity index (χ0n) is 13.9. The number of ether oxygens (including phenoxy) is 1. The first-order valence-corrected chi connectivity index (χ1v) is 7.81. The van der Waals surface area contributed by atoms with Crippen LogP contribution in [-0.2, 0) is 11.3 Å². The van der Waals surface area contributed by atoms with Crippen LogP contribution in [0.5, 0.6) is 0 Å². The van der Waals surface area contributed by atoms with Crippen LogP contribution >= 0.6 is 0 Å². The van der Waals surface area contributed by atoms with Crippen molar-refractivity contribution in [3.63, 3.8) is 0 Å². The highest BCUT2D eigenvalue weighted by Gasteiger charge is 2.19. The number of rotatable bonds is 6. The van der Waals surface area contributed by atoms with E-state index in [-0.39, 0.29) is 11.4 Å². The topological polar surface area (TPSA) is 103 Å².